The molecule has 1 aromatic rings. The van der Waals surface area contributed by atoms with Gasteiger partial charge in [0, 0.05) is 18.2 Å². The fraction of sp³-hybridized carbons (Fsp3) is 0.385. The minimum absolute atomic E-state index is 0.148. The van der Waals surface area contributed by atoms with Gasteiger partial charge in [0.2, 0.25) is 0 Å². The summed E-state index contributed by atoms with van der Waals surface area (Å²) in [6.45, 7) is 0.624. The lowest BCUT2D eigenvalue weighted by Gasteiger charge is -2.29. The number of ether oxygens (including phenoxy) is 1. The Bertz CT molecular complexity index is 432. The predicted molar refractivity (Wildman–Crippen MR) is 64.3 cm³/mol. The Morgan fingerprint density at radius 1 is 1.28 bits per heavy atom. The van der Waals surface area contributed by atoms with Crippen LogP contribution in [-0.4, -0.2) is 36.2 Å². The van der Waals surface area contributed by atoms with E-state index in [-0.39, 0.29) is 18.6 Å². The first-order valence-corrected chi connectivity index (χ1v) is 5.85. The van der Waals surface area contributed by atoms with Crippen LogP contribution in [0.25, 0.3) is 0 Å². The third-order valence-corrected chi connectivity index (χ3v) is 3.03. The molecule has 0 aromatic heterocycles. The van der Waals surface area contributed by atoms with E-state index in [9.17, 15) is 9.59 Å². The number of carbonyl (C=O) groups is 2. The van der Waals surface area contributed by atoms with Gasteiger partial charge in [-0.3, -0.25) is 9.59 Å². The molecule has 1 saturated heterocycles. The highest BCUT2D eigenvalue weighted by atomic mass is 16.5. The molecular weight excluding hydrogens is 234 g/mol. The van der Waals surface area contributed by atoms with Crippen LogP contribution in [0.5, 0.6) is 0 Å². The van der Waals surface area contributed by atoms with E-state index in [0.29, 0.717) is 18.6 Å². The molecule has 0 aliphatic carbocycles. The second-order valence-electron chi connectivity index (χ2n) is 4.25. The van der Waals surface area contributed by atoms with Crippen molar-refractivity contribution < 1.29 is 19.4 Å². The first-order chi connectivity index (χ1) is 8.68. The minimum atomic E-state index is -0.937. The van der Waals surface area contributed by atoms with Crippen LogP contribution in [0.15, 0.2) is 30.3 Å². The normalized spacial score (nSPS) is 23.3. The summed E-state index contributed by atoms with van der Waals surface area (Å²) >= 11 is 0. The Balaban J connectivity index is 2.03. The fourth-order valence-electron chi connectivity index (χ4n) is 2.00. The predicted octanol–water partition coefficient (Wildman–Crippen LogP) is 0.906. The number of nitrogens with one attached hydrogen (secondary N) is 1. The van der Waals surface area contributed by atoms with Crippen LogP contribution in [0, 0.1) is 5.92 Å². The van der Waals surface area contributed by atoms with Gasteiger partial charge in [-0.15, -0.1) is 0 Å². The van der Waals surface area contributed by atoms with Crippen molar-refractivity contribution in [2.24, 2.45) is 5.92 Å². The Labute approximate surface area is 105 Å². The van der Waals surface area contributed by atoms with E-state index >= 15 is 0 Å². The van der Waals surface area contributed by atoms with Gasteiger partial charge in [0.05, 0.1) is 6.61 Å². The second-order valence-corrected chi connectivity index (χ2v) is 4.25. The lowest BCUT2D eigenvalue weighted by atomic mass is 9.95. The maximum atomic E-state index is 11.9. The van der Waals surface area contributed by atoms with E-state index in [1.807, 2.05) is 6.07 Å². The van der Waals surface area contributed by atoms with Crippen LogP contribution in [0.3, 0.4) is 0 Å². The Hall–Kier alpha value is -1.88. The first-order valence-electron chi connectivity index (χ1n) is 5.85. The third kappa shape index (κ3) is 2.87. The number of carboxylic acid groups (broad SMARTS) is 1. The fourth-order valence-corrected chi connectivity index (χ4v) is 2.00. The topological polar surface area (TPSA) is 75.6 Å². The summed E-state index contributed by atoms with van der Waals surface area (Å²) in [6, 6.07) is 8.39. The Morgan fingerprint density at radius 3 is 2.67 bits per heavy atom. The molecule has 1 amide bonds. The molecule has 5 nitrogen and oxygen atoms in total. The molecule has 2 rings (SSSR count). The quantitative estimate of drug-likeness (QED) is 0.834. The number of hydrogen-bond donors (Lipinski definition) is 2. The molecule has 1 heterocycles. The summed E-state index contributed by atoms with van der Waals surface area (Å²) in [5.74, 6) is -1.85. The van der Waals surface area contributed by atoms with E-state index in [1.54, 1.807) is 24.3 Å². The van der Waals surface area contributed by atoms with Crippen LogP contribution in [0.2, 0.25) is 0 Å². The zero-order valence-corrected chi connectivity index (χ0v) is 9.83. The van der Waals surface area contributed by atoms with Crippen molar-refractivity contribution in [3.63, 3.8) is 0 Å². The molecule has 2 atom stereocenters. The van der Waals surface area contributed by atoms with Crippen molar-refractivity contribution in [1.29, 1.82) is 0 Å². The number of carbonyl (C=O) groups excluding carboxylic acids is 1. The Morgan fingerprint density at radius 2 is 2.00 bits per heavy atom. The van der Waals surface area contributed by atoms with Crippen molar-refractivity contribution >= 4 is 11.9 Å². The van der Waals surface area contributed by atoms with Crippen molar-refractivity contribution in [3.8, 4) is 0 Å². The molecule has 18 heavy (non-hydrogen) atoms. The summed E-state index contributed by atoms with van der Waals surface area (Å²) < 4.78 is 5.13. The van der Waals surface area contributed by atoms with Crippen LogP contribution in [0.4, 0.5) is 0 Å². The van der Waals surface area contributed by atoms with Gasteiger partial charge >= 0.3 is 5.97 Å². The highest BCUT2D eigenvalue weighted by molar-refractivity contribution is 5.94. The molecule has 2 N–H and O–H groups in total. The summed E-state index contributed by atoms with van der Waals surface area (Å²) in [5, 5.41) is 11.8. The number of benzene rings is 1. The first kappa shape index (κ1) is 12.6. The lowest BCUT2D eigenvalue weighted by molar-refractivity contribution is -0.147. The second kappa shape index (κ2) is 5.64. The van der Waals surface area contributed by atoms with E-state index in [0.717, 1.165) is 0 Å². The molecule has 0 radical (unpaired) electrons. The monoisotopic (exact) mass is 249 g/mol. The molecule has 0 saturated carbocycles. The molecule has 1 fully saturated rings. The molecule has 96 valence electrons. The van der Waals surface area contributed by atoms with Crippen molar-refractivity contribution in [2.45, 2.75) is 12.5 Å². The van der Waals surface area contributed by atoms with Gasteiger partial charge in [0.25, 0.3) is 5.91 Å². The third-order valence-electron chi connectivity index (χ3n) is 3.03. The molecule has 1 aromatic carbocycles. The van der Waals surface area contributed by atoms with E-state index in [4.69, 9.17) is 9.84 Å². The SMILES string of the molecule is O=C(N[C@@H]1CCOC[C@@H]1C(=O)O)c1ccccc1. The highest BCUT2D eigenvalue weighted by Gasteiger charge is 2.32. The molecule has 0 bridgehead atoms. The van der Waals surface area contributed by atoms with Crippen LogP contribution in [0.1, 0.15) is 16.8 Å². The van der Waals surface area contributed by atoms with Gasteiger partial charge in [-0.25, -0.2) is 0 Å². The van der Waals surface area contributed by atoms with Crippen LogP contribution in [-0.2, 0) is 9.53 Å². The maximum absolute atomic E-state index is 11.9. The van der Waals surface area contributed by atoms with Gasteiger partial charge in [-0.2, -0.15) is 0 Å². The average Bonchev–Trinajstić information content (AvgIpc) is 2.40. The molecule has 0 unspecified atom stereocenters. The summed E-state index contributed by atoms with van der Waals surface area (Å²) in [4.78, 5) is 23.0. The highest BCUT2D eigenvalue weighted by Crippen LogP contribution is 2.15. The van der Waals surface area contributed by atoms with Gasteiger partial charge in [-0.05, 0) is 18.6 Å². The van der Waals surface area contributed by atoms with Gasteiger partial charge in [0.15, 0.2) is 0 Å². The molecule has 1 aliphatic heterocycles. The van der Waals surface area contributed by atoms with Crippen LogP contribution >= 0.6 is 0 Å². The van der Waals surface area contributed by atoms with Gasteiger partial charge in [0.1, 0.15) is 5.92 Å². The van der Waals surface area contributed by atoms with E-state index in [1.165, 1.54) is 0 Å². The number of amides is 1. The average molecular weight is 249 g/mol. The van der Waals surface area contributed by atoms with Gasteiger partial charge < -0.3 is 15.2 Å². The minimum Gasteiger partial charge on any atom is -0.481 e. The van der Waals surface area contributed by atoms with E-state index < -0.39 is 11.9 Å². The summed E-state index contributed by atoms with van der Waals surface area (Å²) in [6.07, 6.45) is 0.523. The van der Waals surface area contributed by atoms with Crippen molar-refractivity contribution in [3.05, 3.63) is 35.9 Å². The van der Waals surface area contributed by atoms with Crippen molar-refractivity contribution in [2.75, 3.05) is 13.2 Å². The summed E-state index contributed by atoms with van der Waals surface area (Å²) in [5.41, 5.74) is 0.535. The molecule has 0 spiro atoms. The largest absolute Gasteiger partial charge is 0.481 e. The Kier molecular flexibility index (Phi) is 3.94. The zero-order chi connectivity index (χ0) is 13.0. The number of carboxylic acids is 1. The standard InChI is InChI=1S/C13H15NO4/c15-12(9-4-2-1-3-5-9)14-11-6-7-18-8-10(11)13(16)17/h1-5,10-11H,6-8H2,(H,14,15)(H,16,17)/t10-,11+/m0/s1. The number of hydrogen-bond acceptors (Lipinski definition) is 3. The van der Waals surface area contributed by atoms with E-state index in [2.05, 4.69) is 5.32 Å². The maximum Gasteiger partial charge on any atom is 0.310 e. The lowest BCUT2D eigenvalue weighted by Crippen LogP contribution is -2.48. The zero-order valence-electron chi connectivity index (χ0n) is 9.83. The smallest absolute Gasteiger partial charge is 0.310 e. The van der Waals surface area contributed by atoms with Gasteiger partial charge in [-0.1, -0.05) is 18.2 Å². The molecular formula is C13H15NO4. The summed E-state index contributed by atoms with van der Waals surface area (Å²) in [7, 11) is 0. The number of rotatable bonds is 3. The number of aliphatic carboxylic acids is 1. The van der Waals surface area contributed by atoms with Crippen LogP contribution < -0.4 is 5.32 Å². The molecule has 5 heteroatoms. The molecule has 1 aliphatic rings. The van der Waals surface area contributed by atoms with Crippen molar-refractivity contribution in [1.82, 2.24) is 5.32 Å².